The molecule has 1 aliphatic carbocycles. The van der Waals surface area contributed by atoms with Gasteiger partial charge in [-0.1, -0.05) is 24.4 Å². The summed E-state index contributed by atoms with van der Waals surface area (Å²) in [5.74, 6) is -0.163. The summed E-state index contributed by atoms with van der Waals surface area (Å²) in [6.07, 6.45) is 4.63. The molecule has 20 heavy (non-hydrogen) atoms. The molecule has 0 radical (unpaired) electrons. The minimum Gasteiger partial charge on any atom is -0.506 e. The van der Waals surface area contributed by atoms with Crippen LogP contribution in [-0.4, -0.2) is 42.1 Å². The molecular weight excluding hydrogens is 276 g/mol. The molecule has 2 rings (SSSR count). The van der Waals surface area contributed by atoms with Crippen LogP contribution in [0.15, 0.2) is 18.2 Å². The van der Waals surface area contributed by atoms with E-state index in [1.807, 2.05) is 0 Å². The standard InChI is InChI=1S/C15H21ClN2O2/c1-18(2)15(7-3-4-8-15)10-17-14(20)11-5-6-13(19)12(16)9-11/h5-6,9,19H,3-4,7-8,10H2,1-2H3,(H,17,20). The second kappa shape index (κ2) is 6.02. The van der Waals surface area contributed by atoms with Gasteiger partial charge in [-0.05, 0) is 45.1 Å². The number of halogens is 1. The van der Waals surface area contributed by atoms with E-state index in [1.165, 1.54) is 25.0 Å². The van der Waals surface area contributed by atoms with Gasteiger partial charge in [-0.25, -0.2) is 0 Å². The predicted octanol–water partition coefficient (Wildman–Crippen LogP) is 2.65. The van der Waals surface area contributed by atoms with Crippen LogP contribution in [-0.2, 0) is 0 Å². The van der Waals surface area contributed by atoms with Gasteiger partial charge in [0.25, 0.3) is 5.91 Å². The summed E-state index contributed by atoms with van der Waals surface area (Å²) in [6.45, 7) is 0.636. The summed E-state index contributed by atoms with van der Waals surface area (Å²) < 4.78 is 0. The molecule has 1 aromatic carbocycles. The van der Waals surface area contributed by atoms with Crippen LogP contribution in [0.1, 0.15) is 36.0 Å². The Bertz CT molecular complexity index is 497. The van der Waals surface area contributed by atoms with Crippen molar-refractivity contribution in [1.82, 2.24) is 10.2 Å². The van der Waals surface area contributed by atoms with Crippen molar-refractivity contribution < 1.29 is 9.90 Å². The van der Waals surface area contributed by atoms with Gasteiger partial charge in [-0.2, -0.15) is 0 Å². The lowest BCUT2D eigenvalue weighted by Crippen LogP contribution is -2.50. The van der Waals surface area contributed by atoms with Crippen molar-refractivity contribution >= 4 is 17.5 Å². The number of nitrogens with zero attached hydrogens (tertiary/aromatic N) is 1. The maximum Gasteiger partial charge on any atom is 0.251 e. The maximum absolute atomic E-state index is 12.2. The molecule has 0 unspecified atom stereocenters. The molecule has 1 aromatic rings. The first-order valence-corrected chi connectivity index (χ1v) is 7.26. The number of carbonyl (C=O) groups is 1. The highest BCUT2D eigenvalue weighted by Crippen LogP contribution is 2.33. The molecule has 2 N–H and O–H groups in total. The van der Waals surface area contributed by atoms with E-state index in [0.29, 0.717) is 12.1 Å². The highest BCUT2D eigenvalue weighted by Gasteiger charge is 2.36. The minimum absolute atomic E-state index is 0.0104. The average Bonchev–Trinajstić information content (AvgIpc) is 2.89. The molecule has 110 valence electrons. The summed E-state index contributed by atoms with van der Waals surface area (Å²) in [5, 5.41) is 12.6. The Hall–Kier alpha value is -1.26. The van der Waals surface area contributed by atoms with Crippen LogP contribution in [0, 0.1) is 0 Å². The molecule has 0 bridgehead atoms. The molecule has 0 aromatic heterocycles. The molecule has 0 spiro atoms. The molecule has 1 amide bonds. The SMILES string of the molecule is CN(C)C1(CNC(=O)c2ccc(O)c(Cl)c2)CCCC1. The topological polar surface area (TPSA) is 52.6 Å². The van der Waals surface area contributed by atoms with E-state index in [1.54, 1.807) is 6.07 Å². The molecule has 1 aliphatic rings. The van der Waals surface area contributed by atoms with Gasteiger partial charge in [-0.3, -0.25) is 4.79 Å². The van der Waals surface area contributed by atoms with E-state index in [4.69, 9.17) is 11.6 Å². The molecule has 0 aliphatic heterocycles. The number of phenols is 1. The Kier molecular flexibility index (Phi) is 4.55. The number of likely N-dealkylation sites (N-methyl/N-ethyl adjacent to an activating group) is 1. The number of carbonyl (C=O) groups excluding carboxylic acids is 1. The maximum atomic E-state index is 12.2. The smallest absolute Gasteiger partial charge is 0.251 e. The molecule has 0 saturated heterocycles. The van der Waals surface area contributed by atoms with Crippen LogP contribution in [0.5, 0.6) is 5.75 Å². The number of amides is 1. The van der Waals surface area contributed by atoms with Gasteiger partial charge < -0.3 is 15.3 Å². The Labute approximate surface area is 124 Å². The second-order valence-corrected chi connectivity index (χ2v) is 6.08. The monoisotopic (exact) mass is 296 g/mol. The van der Waals surface area contributed by atoms with Gasteiger partial charge in [0.15, 0.2) is 0 Å². The Morgan fingerprint density at radius 2 is 2.05 bits per heavy atom. The van der Waals surface area contributed by atoms with Crippen molar-refractivity contribution in [2.45, 2.75) is 31.2 Å². The summed E-state index contributed by atoms with van der Waals surface area (Å²) in [7, 11) is 4.13. The summed E-state index contributed by atoms with van der Waals surface area (Å²) in [5.41, 5.74) is 0.538. The fraction of sp³-hybridized carbons (Fsp3) is 0.533. The van der Waals surface area contributed by atoms with E-state index in [9.17, 15) is 9.90 Å². The molecule has 1 saturated carbocycles. The number of phenolic OH excluding ortho intramolecular Hbond substituents is 1. The number of benzene rings is 1. The molecule has 0 atom stereocenters. The second-order valence-electron chi connectivity index (χ2n) is 5.67. The zero-order valence-corrected chi connectivity index (χ0v) is 12.7. The van der Waals surface area contributed by atoms with Crippen LogP contribution in [0.4, 0.5) is 0 Å². The van der Waals surface area contributed by atoms with Crippen LogP contribution in [0.3, 0.4) is 0 Å². The van der Waals surface area contributed by atoms with Crippen LogP contribution in [0.2, 0.25) is 5.02 Å². The third kappa shape index (κ3) is 3.07. The lowest BCUT2D eigenvalue weighted by Gasteiger charge is -2.36. The Balaban J connectivity index is 2.02. The van der Waals surface area contributed by atoms with Gasteiger partial charge in [-0.15, -0.1) is 0 Å². The molecular formula is C15H21ClN2O2. The third-order valence-electron chi connectivity index (χ3n) is 4.27. The van der Waals surface area contributed by atoms with Gasteiger partial charge in [0.05, 0.1) is 5.02 Å². The van der Waals surface area contributed by atoms with Crippen molar-refractivity contribution in [3.63, 3.8) is 0 Å². The van der Waals surface area contributed by atoms with Gasteiger partial charge in [0, 0.05) is 17.6 Å². The van der Waals surface area contributed by atoms with Crippen LogP contribution >= 0.6 is 11.6 Å². The fourth-order valence-electron chi connectivity index (χ4n) is 2.81. The highest BCUT2D eigenvalue weighted by molar-refractivity contribution is 6.32. The first-order chi connectivity index (χ1) is 9.44. The normalized spacial score (nSPS) is 17.4. The first kappa shape index (κ1) is 15.1. The average molecular weight is 297 g/mol. The lowest BCUT2D eigenvalue weighted by molar-refractivity contribution is 0.0900. The van der Waals surface area contributed by atoms with Gasteiger partial charge >= 0.3 is 0 Å². The highest BCUT2D eigenvalue weighted by atomic mass is 35.5. The van der Waals surface area contributed by atoms with E-state index in [2.05, 4.69) is 24.3 Å². The number of rotatable bonds is 4. The number of hydrogen-bond acceptors (Lipinski definition) is 3. The fourth-order valence-corrected chi connectivity index (χ4v) is 2.99. The largest absolute Gasteiger partial charge is 0.506 e. The zero-order valence-electron chi connectivity index (χ0n) is 11.9. The zero-order chi connectivity index (χ0) is 14.8. The van der Waals surface area contributed by atoms with Crippen LogP contribution < -0.4 is 5.32 Å². The van der Waals surface area contributed by atoms with E-state index in [0.717, 1.165) is 12.8 Å². The Morgan fingerprint density at radius 1 is 1.40 bits per heavy atom. The summed E-state index contributed by atoms with van der Waals surface area (Å²) >= 11 is 5.82. The van der Waals surface area contributed by atoms with Gasteiger partial charge in [0.2, 0.25) is 0 Å². The Morgan fingerprint density at radius 3 is 2.60 bits per heavy atom. The number of aromatic hydroxyl groups is 1. The lowest BCUT2D eigenvalue weighted by atomic mass is 9.96. The van der Waals surface area contributed by atoms with Crippen molar-refractivity contribution in [1.29, 1.82) is 0 Å². The van der Waals surface area contributed by atoms with Crippen molar-refractivity contribution in [2.24, 2.45) is 0 Å². The first-order valence-electron chi connectivity index (χ1n) is 6.89. The van der Waals surface area contributed by atoms with Crippen molar-refractivity contribution in [2.75, 3.05) is 20.6 Å². The third-order valence-corrected chi connectivity index (χ3v) is 4.57. The van der Waals surface area contributed by atoms with Crippen molar-refractivity contribution in [3.8, 4) is 5.75 Å². The van der Waals surface area contributed by atoms with E-state index in [-0.39, 0.29) is 22.2 Å². The van der Waals surface area contributed by atoms with Crippen LogP contribution in [0.25, 0.3) is 0 Å². The molecule has 1 fully saturated rings. The number of hydrogen-bond donors (Lipinski definition) is 2. The van der Waals surface area contributed by atoms with Crippen molar-refractivity contribution in [3.05, 3.63) is 28.8 Å². The minimum atomic E-state index is -0.153. The van der Waals surface area contributed by atoms with E-state index < -0.39 is 0 Å². The molecule has 4 nitrogen and oxygen atoms in total. The quantitative estimate of drug-likeness (QED) is 0.898. The predicted molar refractivity (Wildman–Crippen MR) is 80.3 cm³/mol. The molecule has 5 heteroatoms. The number of nitrogens with one attached hydrogen (secondary N) is 1. The van der Waals surface area contributed by atoms with Gasteiger partial charge in [0.1, 0.15) is 5.75 Å². The summed E-state index contributed by atoms with van der Waals surface area (Å²) in [4.78, 5) is 14.4. The molecule has 0 heterocycles. The van der Waals surface area contributed by atoms with E-state index >= 15 is 0 Å². The summed E-state index contributed by atoms with van der Waals surface area (Å²) in [6, 6.07) is 4.51.